The number of nitrogens with one attached hydrogen (secondary N) is 1. The van der Waals surface area contributed by atoms with E-state index in [1.54, 1.807) is 12.1 Å². The van der Waals surface area contributed by atoms with Crippen molar-refractivity contribution in [2.45, 2.75) is 26.8 Å². The van der Waals surface area contributed by atoms with Crippen molar-refractivity contribution < 1.29 is 23.8 Å². The first-order valence-electron chi connectivity index (χ1n) is 6.82. The molecule has 0 saturated heterocycles. The van der Waals surface area contributed by atoms with Crippen LogP contribution in [0.4, 0.5) is 0 Å². The molecule has 1 amide bonds. The van der Waals surface area contributed by atoms with Crippen LogP contribution >= 0.6 is 0 Å². The van der Waals surface area contributed by atoms with Gasteiger partial charge in [0.15, 0.2) is 24.4 Å². The number of hydrogen-bond donors (Lipinski definition) is 1. The lowest BCUT2D eigenvalue weighted by molar-refractivity contribution is -0.124. The van der Waals surface area contributed by atoms with Gasteiger partial charge < -0.3 is 19.5 Å². The predicted octanol–water partition coefficient (Wildman–Crippen LogP) is 1.77. The van der Waals surface area contributed by atoms with Crippen LogP contribution in [-0.2, 0) is 4.79 Å². The van der Waals surface area contributed by atoms with Crippen molar-refractivity contribution in [3.8, 4) is 17.2 Å². The highest BCUT2D eigenvalue weighted by Gasteiger charge is 2.19. The standard InChI is InChI=1S/C15H19NO5/c1-9(2)10(3)16-15(18)7-19-12-5-14-13(20-8-21-14)4-11(12)6-17/h4-6,9-10H,7-8H2,1-3H3,(H,16,18). The van der Waals surface area contributed by atoms with E-state index >= 15 is 0 Å². The second kappa shape index (κ2) is 6.47. The van der Waals surface area contributed by atoms with Crippen molar-refractivity contribution in [3.05, 3.63) is 17.7 Å². The van der Waals surface area contributed by atoms with Crippen LogP contribution in [0.25, 0.3) is 0 Å². The van der Waals surface area contributed by atoms with E-state index < -0.39 is 0 Å². The van der Waals surface area contributed by atoms with E-state index in [0.717, 1.165) is 0 Å². The molecule has 114 valence electrons. The lowest BCUT2D eigenvalue weighted by atomic mass is 10.1. The topological polar surface area (TPSA) is 73.9 Å². The van der Waals surface area contributed by atoms with Crippen LogP contribution in [0.1, 0.15) is 31.1 Å². The molecule has 0 aromatic heterocycles. The monoisotopic (exact) mass is 293 g/mol. The summed E-state index contributed by atoms with van der Waals surface area (Å²) in [4.78, 5) is 22.8. The van der Waals surface area contributed by atoms with Crippen LogP contribution < -0.4 is 19.5 Å². The Morgan fingerprint density at radius 1 is 1.33 bits per heavy atom. The normalized spacial score (nSPS) is 13.9. The third kappa shape index (κ3) is 3.65. The Balaban J connectivity index is 2.00. The summed E-state index contributed by atoms with van der Waals surface area (Å²) in [5, 5.41) is 2.83. The van der Waals surface area contributed by atoms with E-state index in [9.17, 15) is 9.59 Å². The van der Waals surface area contributed by atoms with Gasteiger partial charge in [0.1, 0.15) is 5.75 Å². The molecule has 0 aliphatic carbocycles. The molecule has 2 rings (SSSR count). The van der Waals surface area contributed by atoms with Crippen LogP contribution in [0.15, 0.2) is 12.1 Å². The molecule has 0 radical (unpaired) electrons. The lowest BCUT2D eigenvalue weighted by Gasteiger charge is -2.17. The first-order chi connectivity index (χ1) is 10.0. The number of aldehydes is 1. The number of benzene rings is 1. The zero-order valence-electron chi connectivity index (χ0n) is 12.3. The Morgan fingerprint density at radius 2 is 2.00 bits per heavy atom. The minimum atomic E-state index is -0.231. The fourth-order valence-corrected chi connectivity index (χ4v) is 1.76. The van der Waals surface area contributed by atoms with Gasteiger partial charge in [-0.2, -0.15) is 0 Å². The first kappa shape index (κ1) is 15.2. The van der Waals surface area contributed by atoms with Crippen molar-refractivity contribution >= 4 is 12.2 Å². The largest absolute Gasteiger partial charge is 0.483 e. The van der Waals surface area contributed by atoms with Gasteiger partial charge in [0.25, 0.3) is 5.91 Å². The molecule has 0 saturated carbocycles. The second-order valence-electron chi connectivity index (χ2n) is 5.25. The van der Waals surface area contributed by atoms with Crippen molar-refractivity contribution in [2.75, 3.05) is 13.4 Å². The van der Waals surface area contributed by atoms with Crippen molar-refractivity contribution in [1.29, 1.82) is 0 Å². The molecular weight excluding hydrogens is 274 g/mol. The molecule has 21 heavy (non-hydrogen) atoms. The van der Waals surface area contributed by atoms with Crippen LogP contribution in [0, 0.1) is 5.92 Å². The summed E-state index contributed by atoms with van der Waals surface area (Å²) in [7, 11) is 0. The highest BCUT2D eigenvalue weighted by Crippen LogP contribution is 2.37. The van der Waals surface area contributed by atoms with Gasteiger partial charge in [-0.25, -0.2) is 0 Å². The molecule has 0 spiro atoms. The van der Waals surface area contributed by atoms with E-state index in [-0.39, 0.29) is 25.3 Å². The predicted molar refractivity (Wildman–Crippen MR) is 75.9 cm³/mol. The quantitative estimate of drug-likeness (QED) is 0.809. The molecule has 6 heteroatoms. The average Bonchev–Trinajstić information content (AvgIpc) is 2.90. The molecule has 1 aliphatic rings. The average molecular weight is 293 g/mol. The Morgan fingerprint density at radius 3 is 2.62 bits per heavy atom. The Kier molecular flexibility index (Phi) is 4.67. The summed E-state index contributed by atoms with van der Waals surface area (Å²) in [6.45, 7) is 5.93. The number of hydrogen-bond acceptors (Lipinski definition) is 5. The molecule has 1 aliphatic heterocycles. The summed E-state index contributed by atoms with van der Waals surface area (Å²) in [6.07, 6.45) is 0.659. The summed E-state index contributed by atoms with van der Waals surface area (Å²) < 4.78 is 15.8. The van der Waals surface area contributed by atoms with Gasteiger partial charge in [-0.3, -0.25) is 9.59 Å². The lowest BCUT2D eigenvalue weighted by Crippen LogP contribution is -2.39. The fraction of sp³-hybridized carbons (Fsp3) is 0.467. The molecule has 1 heterocycles. The Bertz CT molecular complexity index is 541. The fourth-order valence-electron chi connectivity index (χ4n) is 1.76. The number of fused-ring (bicyclic) bond motifs is 1. The molecule has 1 aromatic rings. The van der Waals surface area contributed by atoms with Gasteiger partial charge in [-0.05, 0) is 18.9 Å². The maximum absolute atomic E-state index is 11.8. The van der Waals surface area contributed by atoms with Crippen LogP contribution in [-0.4, -0.2) is 31.6 Å². The Hall–Kier alpha value is -2.24. The second-order valence-corrected chi connectivity index (χ2v) is 5.25. The third-order valence-electron chi connectivity index (χ3n) is 3.38. The van der Waals surface area contributed by atoms with E-state index in [1.807, 2.05) is 20.8 Å². The summed E-state index contributed by atoms with van der Waals surface area (Å²) in [6, 6.07) is 3.16. The zero-order chi connectivity index (χ0) is 15.4. The molecule has 1 aromatic carbocycles. The molecule has 1 atom stereocenters. The Labute approximate surface area is 123 Å². The third-order valence-corrected chi connectivity index (χ3v) is 3.38. The molecular formula is C15H19NO5. The highest BCUT2D eigenvalue weighted by molar-refractivity contribution is 5.82. The SMILES string of the molecule is CC(C)C(C)NC(=O)COc1cc2c(cc1C=O)OCO2. The van der Waals surface area contributed by atoms with Crippen molar-refractivity contribution in [1.82, 2.24) is 5.32 Å². The summed E-state index contributed by atoms with van der Waals surface area (Å²) >= 11 is 0. The molecule has 6 nitrogen and oxygen atoms in total. The van der Waals surface area contributed by atoms with E-state index in [2.05, 4.69) is 5.32 Å². The summed E-state index contributed by atoms with van der Waals surface area (Å²) in [5.74, 6) is 1.42. The minimum Gasteiger partial charge on any atom is -0.483 e. The number of amides is 1. The molecule has 0 fully saturated rings. The van der Waals surface area contributed by atoms with E-state index in [4.69, 9.17) is 14.2 Å². The van der Waals surface area contributed by atoms with Crippen LogP contribution in [0.5, 0.6) is 17.2 Å². The van der Waals surface area contributed by atoms with Gasteiger partial charge in [0.2, 0.25) is 6.79 Å². The van der Waals surface area contributed by atoms with Gasteiger partial charge in [-0.1, -0.05) is 13.8 Å². The van der Waals surface area contributed by atoms with E-state index in [0.29, 0.717) is 35.0 Å². The number of carbonyl (C=O) groups excluding carboxylic acids is 2. The maximum atomic E-state index is 11.8. The molecule has 1 unspecified atom stereocenters. The highest BCUT2D eigenvalue weighted by atomic mass is 16.7. The number of carbonyl (C=O) groups is 2. The number of rotatable bonds is 6. The van der Waals surface area contributed by atoms with Gasteiger partial charge >= 0.3 is 0 Å². The molecule has 0 bridgehead atoms. The number of ether oxygens (including phenoxy) is 3. The molecule has 1 N–H and O–H groups in total. The van der Waals surface area contributed by atoms with Gasteiger partial charge in [0, 0.05) is 12.1 Å². The van der Waals surface area contributed by atoms with E-state index in [1.165, 1.54) is 0 Å². The summed E-state index contributed by atoms with van der Waals surface area (Å²) in [5.41, 5.74) is 0.323. The maximum Gasteiger partial charge on any atom is 0.258 e. The van der Waals surface area contributed by atoms with Crippen LogP contribution in [0.2, 0.25) is 0 Å². The zero-order valence-corrected chi connectivity index (χ0v) is 12.3. The van der Waals surface area contributed by atoms with Gasteiger partial charge in [0.05, 0.1) is 5.56 Å². The van der Waals surface area contributed by atoms with Gasteiger partial charge in [-0.15, -0.1) is 0 Å². The first-order valence-corrected chi connectivity index (χ1v) is 6.82. The smallest absolute Gasteiger partial charge is 0.258 e. The minimum absolute atomic E-state index is 0.0587. The van der Waals surface area contributed by atoms with Crippen molar-refractivity contribution in [2.24, 2.45) is 5.92 Å². The van der Waals surface area contributed by atoms with Crippen LogP contribution in [0.3, 0.4) is 0 Å². The van der Waals surface area contributed by atoms with Crippen molar-refractivity contribution in [3.63, 3.8) is 0 Å².